The molecule has 0 saturated carbocycles. The fraction of sp³-hybridized carbons (Fsp3) is 0.900. The van der Waals surface area contributed by atoms with Crippen LogP contribution in [0.5, 0.6) is 0 Å². The van der Waals surface area contributed by atoms with E-state index in [1.165, 1.54) is 0 Å². The monoisotopic (exact) mass is 231 g/mol. The van der Waals surface area contributed by atoms with Gasteiger partial charge in [0.05, 0.1) is 0 Å². The molecule has 0 heterocycles. The minimum atomic E-state index is 0.101. The van der Waals surface area contributed by atoms with E-state index in [-0.39, 0.29) is 5.91 Å². The number of hydrogen-bond acceptors (Lipinski definition) is 5. The summed E-state index contributed by atoms with van der Waals surface area (Å²) in [5.74, 6) is 0.101. The summed E-state index contributed by atoms with van der Waals surface area (Å²) in [6.07, 6.45) is 1.41. The summed E-state index contributed by atoms with van der Waals surface area (Å²) >= 11 is 0. The van der Waals surface area contributed by atoms with Crippen LogP contribution < -0.4 is 27.4 Å². The normalized spacial score (nSPS) is 10.4. The van der Waals surface area contributed by atoms with Gasteiger partial charge in [-0.1, -0.05) is 0 Å². The number of amides is 1. The van der Waals surface area contributed by atoms with E-state index in [0.717, 1.165) is 32.6 Å². The zero-order valence-electron chi connectivity index (χ0n) is 9.93. The minimum absolute atomic E-state index is 0.101. The third kappa shape index (κ3) is 11.4. The molecule has 0 aliphatic carbocycles. The Hall–Kier alpha value is -0.690. The number of nitrogens with two attached hydrogens (primary N) is 2. The second kappa shape index (κ2) is 12.4. The van der Waals surface area contributed by atoms with E-state index >= 15 is 0 Å². The molecule has 0 aliphatic heterocycles. The summed E-state index contributed by atoms with van der Waals surface area (Å²) in [6.45, 7) is 5.14. The molecule has 7 N–H and O–H groups in total. The lowest BCUT2D eigenvalue weighted by molar-refractivity contribution is -0.121. The first-order valence-corrected chi connectivity index (χ1v) is 5.89. The van der Waals surface area contributed by atoms with Crippen molar-refractivity contribution in [1.29, 1.82) is 0 Å². The Bertz CT molecular complexity index is 149. The van der Waals surface area contributed by atoms with Gasteiger partial charge in [-0.3, -0.25) is 4.79 Å². The molecule has 0 aromatic carbocycles. The first-order valence-electron chi connectivity index (χ1n) is 5.89. The molecule has 0 rings (SSSR count). The molecule has 1 amide bonds. The van der Waals surface area contributed by atoms with Crippen molar-refractivity contribution in [3.8, 4) is 0 Å². The van der Waals surface area contributed by atoms with Crippen LogP contribution in [0.4, 0.5) is 0 Å². The van der Waals surface area contributed by atoms with Gasteiger partial charge in [0.2, 0.25) is 5.91 Å². The SMILES string of the molecule is NCCNCCCC(=O)NCCNCCN. The Balaban J connectivity index is 3.12. The van der Waals surface area contributed by atoms with E-state index < -0.39 is 0 Å². The van der Waals surface area contributed by atoms with Gasteiger partial charge in [-0.2, -0.15) is 0 Å². The first-order chi connectivity index (χ1) is 7.81. The number of carbonyl (C=O) groups excluding carboxylic acids is 1. The van der Waals surface area contributed by atoms with E-state index in [0.29, 0.717) is 26.1 Å². The van der Waals surface area contributed by atoms with Gasteiger partial charge in [-0.15, -0.1) is 0 Å². The molecule has 16 heavy (non-hydrogen) atoms. The molecule has 6 heteroatoms. The van der Waals surface area contributed by atoms with E-state index in [1.807, 2.05) is 0 Å². The summed E-state index contributed by atoms with van der Waals surface area (Å²) in [7, 11) is 0. The summed E-state index contributed by atoms with van der Waals surface area (Å²) in [6, 6.07) is 0. The number of rotatable bonds is 11. The molecule has 0 fully saturated rings. The van der Waals surface area contributed by atoms with Crippen LogP contribution in [0.3, 0.4) is 0 Å². The molecule has 0 bridgehead atoms. The fourth-order valence-corrected chi connectivity index (χ4v) is 1.21. The lowest BCUT2D eigenvalue weighted by Gasteiger charge is -2.06. The third-order valence-corrected chi connectivity index (χ3v) is 2.02. The Kier molecular flexibility index (Phi) is 11.8. The average molecular weight is 231 g/mol. The maximum Gasteiger partial charge on any atom is 0.220 e. The van der Waals surface area contributed by atoms with Crippen LogP contribution in [0.2, 0.25) is 0 Å². The number of nitrogens with one attached hydrogen (secondary N) is 3. The Morgan fingerprint density at radius 3 is 2.12 bits per heavy atom. The van der Waals surface area contributed by atoms with E-state index in [9.17, 15) is 4.79 Å². The van der Waals surface area contributed by atoms with E-state index in [1.54, 1.807) is 0 Å². The fourth-order valence-electron chi connectivity index (χ4n) is 1.21. The second-order valence-corrected chi connectivity index (χ2v) is 3.53. The molecular weight excluding hydrogens is 206 g/mol. The second-order valence-electron chi connectivity index (χ2n) is 3.53. The maximum absolute atomic E-state index is 11.3. The van der Waals surface area contributed by atoms with Crippen molar-refractivity contribution >= 4 is 5.91 Å². The molecule has 0 spiro atoms. The van der Waals surface area contributed by atoms with Gasteiger partial charge in [0.25, 0.3) is 0 Å². The molecule has 0 atom stereocenters. The lowest BCUT2D eigenvalue weighted by atomic mass is 10.3. The van der Waals surface area contributed by atoms with Gasteiger partial charge in [0.1, 0.15) is 0 Å². The Morgan fingerprint density at radius 2 is 1.50 bits per heavy atom. The number of hydrogen-bond donors (Lipinski definition) is 5. The molecule has 0 radical (unpaired) electrons. The van der Waals surface area contributed by atoms with Crippen LogP contribution in [0.1, 0.15) is 12.8 Å². The van der Waals surface area contributed by atoms with Gasteiger partial charge in [0, 0.05) is 45.7 Å². The highest BCUT2D eigenvalue weighted by molar-refractivity contribution is 5.75. The molecule has 0 aromatic heterocycles. The van der Waals surface area contributed by atoms with Gasteiger partial charge < -0.3 is 27.4 Å². The summed E-state index contributed by atoms with van der Waals surface area (Å²) in [5.41, 5.74) is 10.6. The summed E-state index contributed by atoms with van der Waals surface area (Å²) in [5, 5.41) is 9.09. The van der Waals surface area contributed by atoms with Crippen molar-refractivity contribution in [1.82, 2.24) is 16.0 Å². The lowest BCUT2D eigenvalue weighted by Crippen LogP contribution is -2.34. The highest BCUT2D eigenvalue weighted by Crippen LogP contribution is 1.85. The molecule has 6 nitrogen and oxygen atoms in total. The predicted octanol–water partition coefficient (Wildman–Crippen LogP) is -2.02. The Morgan fingerprint density at radius 1 is 0.875 bits per heavy atom. The van der Waals surface area contributed by atoms with Crippen LogP contribution in [-0.4, -0.2) is 51.7 Å². The topological polar surface area (TPSA) is 105 Å². The maximum atomic E-state index is 11.3. The van der Waals surface area contributed by atoms with Crippen molar-refractivity contribution in [3.05, 3.63) is 0 Å². The van der Waals surface area contributed by atoms with Gasteiger partial charge in [0.15, 0.2) is 0 Å². The van der Waals surface area contributed by atoms with Crippen molar-refractivity contribution < 1.29 is 4.79 Å². The summed E-state index contributed by atoms with van der Waals surface area (Å²) < 4.78 is 0. The predicted molar refractivity (Wildman–Crippen MR) is 66.1 cm³/mol. The smallest absolute Gasteiger partial charge is 0.220 e. The van der Waals surface area contributed by atoms with Crippen molar-refractivity contribution in [2.24, 2.45) is 11.5 Å². The van der Waals surface area contributed by atoms with Gasteiger partial charge in [-0.25, -0.2) is 0 Å². The van der Waals surface area contributed by atoms with Crippen molar-refractivity contribution in [2.45, 2.75) is 12.8 Å². The van der Waals surface area contributed by atoms with Gasteiger partial charge >= 0.3 is 0 Å². The third-order valence-electron chi connectivity index (χ3n) is 2.02. The van der Waals surface area contributed by atoms with Crippen LogP contribution in [-0.2, 0) is 4.79 Å². The van der Waals surface area contributed by atoms with Crippen LogP contribution in [0.25, 0.3) is 0 Å². The molecule has 96 valence electrons. The van der Waals surface area contributed by atoms with Crippen LogP contribution >= 0.6 is 0 Å². The van der Waals surface area contributed by atoms with Crippen LogP contribution in [0, 0.1) is 0 Å². The molecule has 0 aliphatic rings. The Labute approximate surface area is 97.5 Å². The van der Waals surface area contributed by atoms with Gasteiger partial charge in [-0.05, 0) is 13.0 Å². The zero-order chi connectivity index (χ0) is 12.1. The van der Waals surface area contributed by atoms with Crippen LogP contribution in [0.15, 0.2) is 0 Å². The molecule has 0 unspecified atom stereocenters. The van der Waals surface area contributed by atoms with Crippen molar-refractivity contribution in [3.63, 3.8) is 0 Å². The first kappa shape index (κ1) is 15.3. The molecule has 0 saturated heterocycles. The molecule has 0 aromatic rings. The highest BCUT2D eigenvalue weighted by atomic mass is 16.1. The van der Waals surface area contributed by atoms with E-state index in [4.69, 9.17) is 11.5 Å². The average Bonchev–Trinajstić information content (AvgIpc) is 2.28. The quantitative estimate of drug-likeness (QED) is 0.264. The number of carbonyl (C=O) groups is 1. The molecular formula is C10H25N5O. The zero-order valence-corrected chi connectivity index (χ0v) is 9.93. The van der Waals surface area contributed by atoms with E-state index in [2.05, 4.69) is 16.0 Å². The standard InChI is InChI=1S/C10H25N5O/c11-3-6-13-5-1-2-10(16)15-9-8-14-7-4-12/h13-14H,1-9,11-12H2,(H,15,16). The minimum Gasteiger partial charge on any atom is -0.355 e. The largest absolute Gasteiger partial charge is 0.355 e. The van der Waals surface area contributed by atoms with Crippen molar-refractivity contribution in [2.75, 3.05) is 45.8 Å². The highest BCUT2D eigenvalue weighted by Gasteiger charge is 1.99. The summed E-state index contributed by atoms with van der Waals surface area (Å²) in [4.78, 5) is 11.3.